The highest BCUT2D eigenvalue weighted by Gasteiger charge is 2.37. The Balaban J connectivity index is 1.85. The lowest BCUT2D eigenvalue weighted by atomic mass is 10.2. The second-order valence-corrected chi connectivity index (χ2v) is 6.64. The largest absolute Gasteiger partial charge is 0.497 e. The van der Waals surface area contributed by atoms with Crippen LogP contribution in [0, 0.1) is 0 Å². The molecule has 1 aliphatic rings. The third-order valence-electron chi connectivity index (χ3n) is 3.43. The molecule has 1 saturated heterocycles. The molecular weight excluding hydrogens is 342 g/mol. The van der Waals surface area contributed by atoms with Crippen LogP contribution in [0.1, 0.15) is 15.9 Å². The number of thioether (sulfide) groups is 1. The zero-order valence-electron chi connectivity index (χ0n) is 12.8. The Labute approximate surface area is 149 Å². The molecule has 0 N–H and O–H groups in total. The van der Waals surface area contributed by atoms with Gasteiger partial charge in [0.2, 0.25) is 0 Å². The van der Waals surface area contributed by atoms with E-state index in [4.69, 9.17) is 17.0 Å². The predicted molar refractivity (Wildman–Crippen MR) is 98.8 cm³/mol. The van der Waals surface area contributed by atoms with Crippen LogP contribution in [0.5, 0.6) is 5.75 Å². The Hall–Kier alpha value is -2.44. The number of carbonyl (C=O) groups is 2. The summed E-state index contributed by atoms with van der Waals surface area (Å²) in [6.07, 6.45) is 1.72. The predicted octanol–water partition coefficient (Wildman–Crippen LogP) is 3.74. The van der Waals surface area contributed by atoms with Gasteiger partial charge in [0.25, 0.3) is 11.8 Å². The summed E-state index contributed by atoms with van der Waals surface area (Å²) in [5, 5.41) is 0. The van der Waals surface area contributed by atoms with Gasteiger partial charge in [0.05, 0.1) is 12.0 Å². The van der Waals surface area contributed by atoms with Crippen LogP contribution in [0.25, 0.3) is 6.08 Å². The first-order valence-electron chi connectivity index (χ1n) is 7.11. The number of carbonyl (C=O) groups excluding carboxylic acids is 2. The molecule has 2 aromatic rings. The number of nitrogens with zero attached hydrogens (tertiary/aromatic N) is 1. The molecule has 0 bridgehead atoms. The van der Waals surface area contributed by atoms with Crippen molar-refractivity contribution in [2.24, 2.45) is 0 Å². The number of amides is 2. The standard InChI is InChI=1S/C18H13NO3S2/c1-22-14-9-7-12(8-10-14)11-15-17(21)19(18(23)24-15)16(20)13-5-3-2-4-6-13/h2-11H,1H3/b15-11-. The average Bonchev–Trinajstić information content (AvgIpc) is 2.89. The molecule has 4 nitrogen and oxygen atoms in total. The molecular formula is C18H13NO3S2. The lowest BCUT2D eigenvalue weighted by Gasteiger charge is -2.12. The van der Waals surface area contributed by atoms with Gasteiger partial charge in [-0.05, 0) is 35.9 Å². The van der Waals surface area contributed by atoms with E-state index in [0.717, 1.165) is 28.0 Å². The van der Waals surface area contributed by atoms with Crippen molar-refractivity contribution in [1.82, 2.24) is 4.90 Å². The van der Waals surface area contributed by atoms with E-state index in [-0.39, 0.29) is 4.32 Å². The normalized spacial score (nSPS) is 15.9. The second kappa shape index (κ2) is 6.98. The Morgan fingerprint density at radius 1 is 1.12 bits per heavy atom. The quantitative estimate of drug-likeness (QED) is 0.477. The fourth-order valence-electron chi connectivity index (χ4n) is 2.20. The van der Waals surface area contributed by atoms with Gasteiger partial charge in [0.15, 0.2) is 4.32 Å². The van der Waals surface area contributed by atoms with Crippen molar-refractivity contribution in [3.05, 3.63) is 70.6 Å². The monoisotopic (exact) mass is 355 g/mol. The van der Waals surface area contributed by atoms with Crippen molar-refractivity contribution < 1.29 is 14.3 Å². The van der Waals surface area contributed by atoms with Gasteiger partial charge in [-0.25, -0.2) is 4.90 Å². The molecule has 2 aromatic carbocycles. The first-order chi connectivity index (χ1) is 11.6. The van der Waals surface area contributed by atoms with Crippen molar-refractivity contribution >= 4 is 46.2 Å². The SMILES string of the molecule is COc1ccc(/C=C2\SC(=S)N(C(=O)c3ccccc3)C2=O)cc1. The van der Waals surface area contributed by atoms with Gasteiger partial charge >= 0.3 is 0 Å². The van der Waals surface area contributed by atoms with Crippen molar-refractivity contribution in [2.75, 3.05) is 7.11 Å². The Bertz CT molecular complexity index is 829. The number of ether oxygens (including phenoxy) is 1. The maximum Gasteiger partial charge on any atom is 0.273 e. The highest BCUT2D eigenvalue weighted by molar-refractivity contribution is 8.26. The van der Waals surface area contributed by atoms with Gasteiger partial charge in [-0.2, -0.15) is 0 Å². The van der Waals surface area contributed by atoms with Crippen LogP contribution < -0.4 is 4.74 Å². The first kappa shape index (κ1) is 16.4. The lowest BCUT2D eigenvalue weighted by Crippen LogP contribution is -2.34. The molecule has 24 heavy (non-hydrogen) atoms. The molecule has 0 aliphatic carbocycles. The third kappa shape index (κ3) is 3.25. The van der Waals surface area contributed by atoms with E-state index in [9.17, 15) is 9.59 Å². The van der Waals surface area contributed by atoms with Crippen LogP contribution >= 0.6 is 24.0 Å². The minimum atomic E-state index is -0.406. The molecule has 0 spiro atoms. The van der Waals surface area contributed by atoms with E-state index in [1.54, 1.807) is 37.5 Å². The molecule has 1 fully saturated rings. The number of thiocarbonyl (C=S) groups is 1. The highest BCUT2D eigenvalue weighted by Crippen LogP contribution is 2.33. The Kier molecular flexibility index (Phi) is 4.78. The zero-order chi connectivity index (χ0) is 17.1. The molecule has 120 valence electrons. The molecule has 0 atom stereocenters. The second-order valence-electron chi connectivity index (χ2n) is 4.96. The summed E-state index contributed by atoms with van der Waals surface area (Å²) in [5.74, 6) is -0.0649. The van der Waals surface area contributed by atoms with E-state index in [2.05, 4.69) is 0 Å². The van der Waals surface area contributed by atoms with Crippen molar-refractivity contribution in [3.63, 3.8) is 0 Å². The lowest BCUT2D eigenvalue weighted by molar-refractivity contribution is -0.120. The molecule has 0 saturated carbocycles. The van der Waals surface area contributed by atoms with Gasteiger partial charge < -0.3 is 4.74 Å². The van der Waals surface area contributed by atoms with Gasteiger partial charge in [-0.15, -0.1) is 0 Å². The highest BCUT2D eigenvalue weighted by atomic mass is 32.2. The van der Waals surface area contributed by atoms with E-state index < -0.39 is 11.8 Å². The minimum absolute atomic E-state index is 0.244. The number of methoxy groups -OCH3 is 1. The summed E-state index contributed by atoms with van der Waals surface area (Å²) >= 11 is 6.34. The van der Waals surface area contributed by atoms with E-state index in [0.29, 0.717) is 10.5 Å². The van der Waals surface area contributed by atoms with Crippen molar-refractivity contribution in [1.29, 1.82) is 0 Å². The molecule has 6 heteroatoms. The summed E-state index contributed by atoms with van der Waals surface area (Å²) in [7, 11) is 1.59. The molecule has 1 aliphatic heterocycles. The molecule has 3 rings (SSSR count). The zero-order valence-corrected chi connectivity index (χ0v) is 14.4. The van der Waals surface area contributed by atoms with Crippen molar-refractivity contribution in [3.8, 4) is 5.75 Å². The summed E-state index contributed by atoms with van der Waals surface area (Å²) in [6, 6.07) is 15.9. The summed E-state index contributed by atoms with van der Waals surface area (Å²) < 4.78 is 5.35. The van der Waals surface area contributed by atoms with Crippen LogP contribution in [0.3, 0.4) is 0 Å². The van der Waals surface area contributed by atoms with E-state index >= 15 is 0 Å². The number of imide groups is 1. The maximum atomic E-state index is 12.6. The molecule has 1 heterocycles. The van der Waals surface area contributed by atoms with Crippen LogP contribution in [0.4, 0.5) is 0 Å². The van der Waals surface area contributed by atoms with Gasteiger partial charge in [0, 0.05) is 5.56 Å². The van der Waals surface area contributed by atoms with Gasteiger partial charge in [-0.3, -0.25) is 9.59 Å². The molecule has 0 radical (unpaired) electrons. The maximum absolute atomic E-state index is 12.6. The summed E-state index contributed by atoms with van der Waals surface area (Å²) in [4.78, 5) is 26.5. The van der Waals surface area contributed by atoms with E-state index in [1.165, 1.54) is 0 Å². The summed E-state index contributed by atoms with van der Waals surface area (Å²) in [6.45, 7) is 0. The average molecular weight is 355 g/mol. The third-order valence-corrected chi connectivity index (χ3v) is 4.73. The molecule has 0 aromatic heterocycles. The van der Waals surface area contributed by atoms with Crippen LogP contribution in [-0.4, -0.2) is 28.1 Å². The molecule has 2 amide bonds. The number of rotatable bonds is 3. The number of hydrogen-bond donors (Lipinski definition) is 0. The number of hydrogen-bond acceptors (Lipinski definition) is 5. The topological polar surface area (TPSA) is 46.6 Å². The fourth-order valence-corrected chi connectivity index (χ4v) is 3.46. The molecule has 0 unspecified atom stereocenters. The summed E-state index contributed by atoms with van der Waals surface area (Å²) in [5.41, 5.74) is 1.27. The van der Waals surface area contributed by atoms with Crippen LogP contribution in [0.15, 0.2) is 59.5 Å². The van der Waals surface area contributed by atoms with Crippen molar-refractivity contribution in [2.45, 2.75) is 0 Å². The van der Waals surface area contributed by atoms with E-state index in [1.807, 2.05) is 30.3 Å². The Morgan fingerprint density at radius 2 is 1.79 bits per heavy atom. The van der Waals surface area contributed by atoms with Crippen LogP contribution in [-0.2, 0) is 4.79 Å². The number of benzene rings is 2. The van der Waals surface area contributed by atoms with Gasteiger partial charge in [0.1, 0.15) is 5.75 Å². The fraction of sp³-hybridized carbons (Fsp3) is 0.0556. The smallest absolute Gasteiger partial charge is 0.273 e. The minimum Gasteiger partial charge on any atom is -0.497 e. The van der Waals surface area contributed by atoms with Gasteiger partial charge in [-0.1, -0.05) is 54.3 Å². The van der Waals surface area contributed by atoms with Crippen LogP contribution in [0.2, 0.25) is 0 Å². The first-order valence-corrected chi connectivity index (χ1v) is 8.34. The Morgan fingerprint density at radius 3 is 2.42 bits per heavy atom.